The zero-order valence-electron chi connectivity index (χ0n) is 9.81. The van der Waals surface area contributed by atoms with Gasteiger partial charge in [-0.2, -0.15) is 0 Å². The Balaban J connectivity index is 2.95. The smallest absolute Gasteiger partial charge is 0.242 e. The normalized spacial score (nSPS) is 11.4. The van der Waals surface area contributed by atoms with Gasteiger partial charge in [-0.3, -0.25) is 0 Å². The monoisotopic (exact) mass is 258 g/mol. The van der Waals surface area contributed by atoms with Crippen molar-refractivity contribution in [2.24, 2.45) is 0 Å². The molecule has 6 heteroatoms. The summed E-state index contributed by atoms with van der Waals surface area (Å²) in [5.74, 6) is 0. The summed E-state index contributed by atoms with van der Waals surface area (Å²) in [6.07, 6.45) is 0.742. The van der Waals surface area contributed by atoms with Crippen molar-refractivity contribution >= 4 is 15.7 Å². The lowest BCUT2D eigenvalue weighted by molar-refractivity contribution is 0.311. The third-order valence-corrected chi connectivity index (χ3v) is 3.67. The summed E-state index contributed by atoms with van der Waals surface area (Å²) in [7, 11) is -3.48. The van der Waals surface area contributed by atoms with E-state index in [4.69, 9.17) is 5.11 Å². The summed E-state index contributed by atoms with van der Waals surface area (Å²) in [5.41, 5.74) is 0.505. The Morgan fingerprint density at radius 2 is 1.94 bits per heavy atom. The molecule has 5 nitrogen and oxygen atoms in total. The van der Waals surface area contributed by atoms with Crippen molar-refractivity contribution in [2.45, 2.75) is 18.2 Å². The third-order valence-electron chi connectivity index (χ3n) is 2.15. The first-order chi connectivity index (χ1) is 8.11. The van der Waals surface area contributed by atoms with Gasteiger partial charge in [-0.15, -0.1) is 0 Å². The molecule has 0 heterocycles. The number of nitrogens with one attached hydrogen (secondary N) is 2. The molecule has 0 radical (unpaired) electrons. The quantitative estimate of drug-likeness (QED) is 0.675. The van der Waals surface area contributed by atoms with Gasteiger partial charge in [0.05, 0.1) is 12.3 Å². The number of benzene rings is 1. The lowest BCUT2D eigenvalue weighted by atomic mass is 10.3. The molecule has 3 N–H and O–H groups in total. The van der Waals surface area contributed by atoms with Crippen LogP contribution in [0.4, 0.5) is 5.69 Å². The highest BCUT2D eigenvalue weighted by atomic mass is 32.2. The molecule has 0 aliphatic carbocycles. The van der Waals surface area contributed by atoms with E-state index in [0.29, 0.717) is 18.8 Å². The first-order valence-corrected chi connectivity index (χ1v) is 7.03. The second-order valence-electron chi connectivity index (χ2n) is 3.54. The number of para-hydroxylation sites is 1. The Hall–Kier alpha value is -1.11. The molecule has 96 valence electrons. The summed E-state index contributed by atoms with van der Waals surface area (Å²) < 4.78 is 26.4. The molecule has 0 saturated carbocycles. The van der Waals surface area contributed by atoms with Crippen LogP contribution in [0.2, 0.25) is 0 Å². The van der Waals surface area contributed by atoms with Crippen LogP contribution < -0.4 is 10.0 Å². The standard InChI is InChI=1S/C11H18N2O3S/c1-2-7-13-17(15,16)11-6-4-3-5-10(11)12-8-9-14/h3-6,12-14H,2,7-9H2,1H3. The summed E-state index contributed by atoms with van der Waals surface area (Å²) in [6.45, 7) is 2.59. The van der Waals surface area contributed by atoms with Crippen LogP contribution in [0.5, 0.6) is 0 Å². The Morgan fingerprint density at radius 1 is 1.24 bits per heavy atom. The Kier molecular flexibility index (Phi) is 5.40. The molecular formula is C11H18N2O3S. The molecule has 1 aromatic rings. The number of anilines is 1. The summed E-state index contributed by atoms with van der Waals surface area (Å²) in [4.78, 5) is 0.210. The van der Waals surface area contributed by atoms with Crippen LogP contribution in [-0.2, 0) is 10.0 Å². The van der Waals surface area contributed by atoms with E-state index in [0.717, 1.165) is 6.42 Å². The van der Waals surface area contributed by atoms with Gasteiger partial charge in [0.2, 0.25) is 10.0 Å². The minimum Gasteiger partial charge on any atom is -0.395 e. The minimum absolute atomic E-state index is 0.0449. The number of aliphatic hydroxyl groups is 1. The van der Waals surface area contributed by atoms with Gasteiger partial charge in [-0.25, -0.2) is 13.1 Å². The van der Waals surface area contributed by atoms with Crippen molar-refractivity contribution in [1.29, 1.82) is 0 Å². The van der Waals surface area contributed by atoms with Gasteiger partial charge >= 0.3 is 0 Å². The fourth-order valence-corrected chi connectivity index (χ4v) is 2.67. The van der Waals surface area contributed by atoms with Crippen LogP contribution >= 0.6 is 0 Å². The molecule has 0 spiro atoms. The molecule has 0 unspecified atom stereocenters. The van der Waals surface area contributed by atoms with Crippen LogP contribution in [0.25, 0.3) is 0 Å². The number of aliphatic hydroxyl groups excluding tert-OH is 1. The predicted molar refractivity (Wildman–Crippen MR) is 67.5 cm³/mol. The first-order valence-electron chi connectivity index (χ1n) is 5.55. The molecule has 1 aromatic carbocycles. The minimum atomic E-state index is -3.48. The lowest BCUT2D eigenvalue weighted by Gasteiger charge is -2.12. The summed E-state index contributed by atoms with van der Waals surface area (Å²) in [6, 6.07) is 6.64. The van der Waals surface area contributed by atoms with Crippen molar-refractivity contribution in [3.63, 3.8) is 0 Å². The molecule has 0 aromatic heterocycles. The molecule has 0 saturated heterocycles. The van der Waals surface area contributed by atoms with Crippen molar-refractivity contribution in [1.82, 2.24) is 4.72 Å². The zero-order valence-corrected chi connectivity index (χ0v) is 10.6. The average Bonchev–Trinajstić information content (AvgIpc) is 2.34. The number of rotatable bonds is 7. The molecule has 0 amide bonds. The Bertz CT molecular complexity index is 446. The van der Waals surface area contributed by atoms with E-state index < -0.39 is 10.0 Å². The molecule has 0 fully saturated rings. The molecule has 17 heavy (non-hydrogen) atoms. The Labute approximate surface area is 102 Å². The van der Waals surface area contributed by atoms with Gasteiger partial charge in [0.15, 0.2) is 0 Å². The molecule has 1 rings (SSSR count). The van der Waals surface area contributed by atoms with Gasteiger partial charge in [0, 0.05) is 13.1 Å². The van der Waals surface area contributed by atoms with Gasteiger partial charge in [0.1, 0.15) is 4.90 Å². The first kappa shape index (κ1) is 14.0. The second kappa shape index (κ2) is 6.58. The number of hydrogen-bond acceptors (Lipinski definition) is 4. The van der Waals surface area contributed by atoms with E-state index in [1.54, 1.807) is 18.2 Å². The van der Waals surface area contributed by atoms with Crippen LogP contribution in [0.3, 0.4) is 0 Å². The fourth-order valence-electron chi connectivity index (χ4n) is 1.35. The van der Waals surface area contributed by atoms with E-state index in [9.17, 15) is 8.42 Å². The van der Waals surface area contributed by atoms with E-state index in [2.05, 4.69) is 10.0 Å². The van der Waals surface area contributed by atoms with Crippen molar-refractivity contribution in [3.05, 3.63) is 24.3 Å². The highest BCUT2D eigenvalue weighted by molar-refractivity contribution is 7.89. The molecule has 0 bridgehead atoms. The van der Waals surface area contributed by atoms with Crippen LogP contribution in [0.1, 0.15) is 13.3 Å². The SMILES string of the molecule is CCCNS(=O)(=O)c1ccccc1NCCO. The molecule has 0 aliphatic heterocycles. The number of hydrogen-bond donors (Lipinski definition) is 3. The van der Waals surface area contributed by atoms with Gasteiger partial charge in [-0.1, -0.05) is 19.1 Å². The zero-order chi connectivity index (χ0) is 12.7. The van der Waals surface area contributed by atoms with Crippen molar-refractivity contribution in [3.8, 4) is 0 Å². The van der Waals surface area contributed by atoms with Crippen LogP contribution in [0.15, 0.2) is 29.2 Å². The molecule has 0 aliphatic rings. The van der Waals surface area contributed by atoms with Crippen LogP contribution in [-0.4, -0.2) is 33.2 Å². The largest absolute Gasteiger partial charge is 0.395 e. The van der Waals surface area contributed by atoms with E-state index >= 15 is 0 Å². The maximum Gasteiger partial charge on any atom is 0.242 e. The Morgan fingerprint density at radius 3 is 2.59 bits per heavy atom. The van der Waals surface area contributed by atoms with Crippen molar-refractivity contribution < 1.29 is 13.5 Å². The van der Waals surface area contributed by atoms with E-state index in [1.807, 2.05) is 6.92 Å². The molecule has 0 atom stereocenters. The summed E-state index contributed by atoms with van der Waals surface area (Å²) in [5, 5.41) is 11.6. The van der Waals surface area contributed by atoms with Crippen molar-refractivity contribution in [2.75, 3.05) is 25.0 Å². The number of sulfonamides is 1. The lowest BCUT2D eigenvalue weighted by Crippen LogP contribution is -2.25. The maximum absolute atomic E-state index is 12.0. The van der Waals surface area contributed by atoms with Gasteiger partial charge in [0.25, 0.3) is 0 Å². The second-order valence-corrected chi connectivity index (χ2v) is 5.28. The highest BCUT2D eigenvalue weighted by Gasteiger charge is 2.16. The van der Waals surface area contributed by atoms with Gasteiger partial charge in [-0.05, 0) is 18.6 Å². The van der Waals surface area contributed by atoms with Gasteiger partial charge < -0.3 is 10.4 Å². The highest BCUT2D eigenvalue weighted by Crippen LogP contribution is 2.20. The average molecular weight is 258 g/mol. The van der Waals surface area contributed by atoms with E-state index in [1.165, 1.54) is 6.07 Å². The van der Waals surface area contributed by atoms with Crippen LogP contribution in [0, 0.1) is 0 Å². The summed E-state index contributed by atoms with van der Waals surface area (Å²) >= 11 is 0. The third kappa shape index (κ3) is 3.99. The molecular weight excluding hydrogens is 240 g/mol. The topological polar surface area (TPSA) is 78.4 Å². The fraction of sp³-hybridized carbons (Fsp3) is 0.455. The maximum atomic E-state index is 12.0. The predicted octanol–water partition coefficient (Wildman–Crippen LogP) is 0.779. The van der Waals surface area contributed by atoms with E-state index in [-0.39, 0.29) is 11.5 Å².